The highest BCUT2D eigenvalue weighted by molar-refractivity contribution is 6.01. The molecule has 0 aliphatic carbocycles. The molecule has 3 N–H and O–H groups in total. The standard InChI is InChI=1S/C19H22N2O3/c1-12(2)17(19(24)20-14-8-10-15(22)11-9-14)21-18(23)16-7-5-4-6-13(16)3/h4-12,17,22H,1-3H3,(H,20,24)(H,21,23)/t17-/m1/s1. The number of phenolic OH excluding ortho intramolecular Hbond substituents is 1. The third-order valence-electron chi connectivity index (χ3n) is 3.76. The summed E-state index contributed by atoms with van der Waals surface area (Å²) in [6, 6.07) is 12.8. The quantitative estimate of drug-likeness (QED) is 0.739. The van der Waals surface area contributed by atoms with Gasteiger partial charge in [0.2, 0.25) is 5.91 Å². The van der Waals surface area contributed by atoms with Gasteiger partial charge in [-0.1, -0.05) is 32.0 Å². The minimum atomic E-state index is -0.661. The van der Waals surface area contributed by atoms with Gasteiger partial charge in [-0.05, 0) is 48.7 Å². The number of anilines is 1. The average Bonchev–Trinajstić information content (AvgIpc) is 2.54. The van der Waals surface area contributed by atoms with Gasteiger partial charge in [-0.3, -0.25) is 9.59 Å². The van der Waals surface area contributed by atoms with E-state index < -0.39 is 6.04 Å². The Labute approximate surface area is 141 Å². The molecular formula is C19H22N2O3. The van der Waals surface area contributed by atoms with Crippen molar-refractivity contribution >= 4 is 17.5 Å². The lowest BCUT2D eigenvalue weighted by Crippen LogP contribution is -2.47. The van der Waals surface area contributed by atoms with Gasteiger partial charge in [0.1, 0.15) is 11.8 Å². The van der Waals surface area contributed by atoms with Crippen molar-refractivity contribution in [2.75, 3.05) is 5.32 Å². The molecule has 0 radical (unpaired) electrons. The first-order chi connectivity index (χ1) is 11.4. The van der Waals surface area contributed by atoms with Gasteiger partial charge >= 0.3 is 0 Å². The summed E-state index contributed by atoms with van der Waals surface area (Å²) in [7, 11) is 0. The smallest absolute Gasteiger partial charge is 0.252 e. The number of hydrogen-bond acceptors (Lipinski definition) is 3. The summed E-state index contributed by atoms with van der Waals surface area (Å²) in [5.74, 6) is -0.512. The molecule has 0 heterocycles. The lowest BCUT2D eigenvalue weighted by molar-refractivity contribution is -0.118. The molecule has 5 nitrogen and oxygen atoms in total. The number of nitrogens with one attached hydrogen (secondary N) is 2. The Morgan fingerprint density at radius 3 is 2.21 bits per heavy atom. The molecule has 24 heavy (non-hydrogen) atoms. The van der Waals surface area contributed by atoms with Gasteiger partial charge in [0.15, 0.2) is 0 Å². The molecule has 0 fully saturated rings. The van der Waals surface area contributed by atoms with Crippen LogP contribution < -0.4 is 10.6 Å². The fourth-order valence-corrected chi connectivity index (χ4v) is 2.35. The molecule has 0 saturated heterocycles. The van der Waals surface area contributed by atoms with E-state index in [0.717, 1.165) is 5.56 Å². The predicted octanol–water partition coefficient (Wildman–Crippen LogP) is 3.09. The van der Waals surface area contributed by atoms with Gasteiger partial charge in [-0.2, -0.15) is 0 Å². The van der Waals surface area contributed by atoms with E-state index in [-0.39, 0.29) is 23.5 Å². The molecular weight excluding hydrogens is 304 g/mol. The molecule has 0 aliphatic heterocycles. The van der Waals surface area contributed by atoms with Crippen LogP contribution in [0.3, 0.4) is 0 Å². The molecule has 0 spiro atoms. The van der Waals surface area contributed by atoms with Crippen molar-refractivity contribution in [3.05, 3.63) is 59.7 Å². The lowest BCUT2D eigenvalue weighted by atomic mass is 10.0. The van der Waals surface area contributed by atoms with E-state index in [1.807, 2.05) is 32.9 Å². The highest BCUT2D eigenvalue weighted by Crippen LogP contribution is 2.15. The molecule has 2 amide bonds. The highest BCUT2D eigenvalue weighted by Gasteiger charge is 2.25. The van der Waals surface area contributed by atoms with Gasteiger partial charge < -0.3 is 15.7 Å². The van der Waals surface area contributed by atoms with Crippen LogP contribution in [0.25, 0.3) is 0 Å². The molecule has 0 unspecified atom stereocenters. The van der Waals surface area contributed by atoms with Crippen molar-refractivity contribution in [1.29, 1.82) is 0 Å². The summed E-state index contributed by atoms with van der Waals surface area (Å²) in [5, 5.41) is 14.9. The van der Waals surface area contributed by atoms with E-state index in [4.69, 9.17) is 0 Å². The molecule has 1 atom stereocenters. The second-order valence-corrected chi connectivity index (χ2v) is 6.05. The van der Waals surface area contributed by atoms with Crippen LogP contribution in [0.4, 0.5) is 5.69 Å². The average molecular weight is 326 g/mol. The Bertz CT molecular complexity index is 724. The first-order valence-electron chi connectivity index (χ1n) is 7.85. The predicted molar refractivity (Wildman–Crippen MR) is 94.0 cm³/mol. The van der Waals surface area contributed by atoms with E-state index >= 15 is 0 Å². The van der Waals surface area contributed by atoms with Gasteiger partial charge in [-0.15, -0.1) is 0 Å². The number of hydrogen-bond donors (Lipinski definition) is 3. The van der Waals surface area contributed by atoms with Gasteiger partial charge in [0.25, 0.3) is 5.91 Å². The number of aryl methyl sites for hydroxylation is 1. The van der Waals surface area contributed by atoms with Crippen molar-refractivity contribution in [2.45, 2.75) is 26.8 Å². The zero-order valence-electron chi connectivity index (χ0n) is 14.0. The van der Waals surface area contributed by atoms with Crippen molar-refractivity contribution in [2.24, 2.45) is 5.92 Å². The van der Waals surface area contributed by atoms with Gasteiger partial charge in [0.05, 0.1) is 0 Å². The first kappa shape index (κ1) is 17.5. The van der Waals surface area contributed by atoms with E-state index in [9.17, 15) is 14.7 Å². The zero-order valence-corrected chi connectivity index (χ0v) is 14.0. The topological polar surface area (TPSA) is 78.4 Å². The number of benzene rings is 2. The second kappa shape index (κ2) is 7.64. The summed E-state index contributed by atoms with van der Waals surface area (Å²) in [5.41, 5.74) is 1.98. The minimum Gasteiger partial charge on any atom is -0.508 e. The molecule has 0 aromatic heterocycles. The normalized spacial score (nSPS) is 11.8. The molecule has 5 heteroatoms. The molecule has 2 rings (SSSR count). The van der Waals surface area contributed by atoms with Crippen LogP contribution in [0.5, 0.6) is 5.75 Å². The second-order valence-electron chi connectivity index (χ2n) is 6.05. The number of carbonyl (C=O) groups excluding carboxylic acids is 2. The fourth-order valence-electron chi connectivity index (χ4n) is 2.35. The maximum Gasteiger partial charge on any atom is 0.252 e. The molecule has 2 aromatic rings. The Morgan fingerprint density at radius 1 is 1.00 bits per heavy atom. The van der Waals surface area contributed by atoms with Gasteiger partial charge in [0, 0.05) is 11.3 Å². The molecule has 0 saturated carbocycles. The van der Waals surface area contributed by atoms with Crippen LogP contribution in [-0.4, -0.2) is 23.0 Å². The largest absolute Gasteiger partial charge is 0.508 e. The number of carbonyl (C=O) groups is 2. The summed E-state index contributed by atoms with van der Waals surface area (Å²) < 4.78 is 0. The number of aromatic hydroxyl groups is 1. The third-order valence-corrected chi connectivity index (χ3v) is 3.76. The summed E-state index contributed by atoms with van der Waals surface area (Å²) in [6.45, 7) is 5.61. The van der Waals surface area contributed by atoms with Crippen LogP contribution in [0.2, 0.25) is 0 Å². The Balaban J connectivity index is 2.11. The van der Waals surface area contributed by atoms with Gasteiger partial charge in [-0.25, -0.2) is 0 Å². The van der Waals surface area contributed by atoms with Crippen molar-refractivity contribution in [3.63, 3.8) is 0 Å². The van der Waals surface area contributed by atoms with Crippen LogP contribution in [0.1, 0.15) is 29.8 Å². The fraction of sp³-hybridized carbons (Fsp3) is 0.263. The van der Waals surface area contributed by atoms with E-state index in [0.29, 0.717) is 11.3 Å². The number of phenols is 1. The molecule has 0 bridgehead atoms. The van der Waals surface area contributed by atoms with E-state index in [2.05, 4.69) is 10.6 Å². The Morgan fingerprint density at radius 2 is 1.62 bits per heavy atom. The number of amides is 2. The van der Waals surface area contributed by atoms with E-state index in [1.165, 1.54) is 12.1 Å². The third kappa shape index (κ3) is 4.35. The molecule has 126 valence electrons. The number of rotatable bonds is 5. The van der Waals surface area contributed by atoms with Crippen molar-refractivity contribution in [1.82, 2.24) is 5.32 Å². The lowest BCUT2D eigenvalue weighted by Gasteiger charge is -2.22. The summed E-state index contributed by atoms with van der Waals surface area (Å²) in [4.78, 5) is 25.0. The maximum atomic E-state index is 12.5. The maximum absolute atomic E-state index is 12.5. The van der Waals surface area contributed by atoms with Crippen molar-refractivity contribution in [3.8, 4) is 5.75 Å². The van der Waals surface area contributed by atoms with Crippen LogP contribution in [0, 0.1) is 12.8 Å². The monoisotopic (exact) mass is 326 g/mol. The Hall–Kier alpha value is -2.82. The van der Waals surface area contributed by atoms with Crippen molar-refractivity contribution < 1.29 is 14.7 Å². The molecule has 0 aliphatic rings. The summed E-state index contributed by atoms with van der Waals surface area (Å²) in [6.07, 6.45) is 0. The van der Waals surface area contributed by atoms with Crippen LogP contribution in [-0.2, 0) is 4.79 Å². The van der Waals surface area contributed by atoms with Crippen LogP contribution in [0.15, 0.2) is 48.5 Å². The first-order valence-corrected chi connectivity index (χ1v) is 7.85. The van der Waals surface area contributed by atoms with Crippen LogP contribution >= 0.6 is 0 Å². The SMILES string of the molecule is Cc1ccccc1C(=O)N[C@@H](C(=O)Nc1ccc(O)cc1)C(C)C. The minimum absolute atomic E-state index is 0.0740. The van der Waals surface area contributed by atoms with E-state index in [1.54, 1.807) is 24.3 Å². The molecule has 2 aromatic carbocycles. The summed E-state index contributed by atoms with van der Waals surface area (Å²) >= 11 is 0. The Kier molecular flexibility index (Phi) is 5.58. The highest BCUT2D eigenvalue weighted by atomic mass is 16.3. The zero-order chi connectivity index (χ0) is 17.7.